The minimum atomic E-state index is -0.751. The van der Waals surface area contributed by atoms with Crippen molar-refractivity contribution < 1.29 is 13.7 Å². The summed E-state index contributed by atoms with van der Waals surface area (Å²) in [5.74, 6) is -1.36. The van der Waals surface area contributed by atoms with Crippen LogP contribution in [0.1, 0.15) is 0 Å². The number of nitrogens with zero attached hydrogens (tertiary/aromatic N) is 1. The third-order valence-electron chi connectivity index (χ3n) is 2.43. The Morgan fingerprint density at radius 3 is 2.50 bits per heavy atom. The van der Waals surface area contributed by atoms with Gasteiger partial charge in [-0.25, -0.2) is 8.78 Å². The van der Waals surface area contributed by atoms with Crippen LogP contribution in [0.4, 0.5) is 25.8 Å². The van der Waals surface area contributed by atoms with Crippen molar-refractivity contribution in [2.45, 2.75) is 0 Å². The number of anilines is 2. The molecule has 0 spiro atoms. The maximum Gasteiger partial charge on any atom is 0.295 e. The van der Waals surface area contributed by atoms with Gasteiger partial charge in [-0.2, -0.15) is 0 Å². The molecule has 0 aliphatic heterocycles. The molecule has 0 bridgehead atoms. The van der Waals surface area contributed by atoms with Gasteiger partial charge >= 0.3 is 0 Å². The summed E-state index contributed by atoms with van der Waals surface area (Å²) in [6.07, 6.45) is 0. The number of nitro benzene ring substituents is 1. The van der Waals surface area contributed by atoms with Gasteiger partial charge in [0.15, 0.2) is 0 Å². The molecule has 0 saturated carbocycles. The van der Waals surface area contributed by atoms with E-state index in [1.807, 2.05) is 0 Å². The second-order valence-electron chi connectivity index (χ2n) is 3.79. The highest BCUT2D eigenvalue weighted by Crippen LogP contribution is 2.33. The van der Waals surface area contributed by atoms with Crippen LogP contribution in [-0.4, -0.2) is 4.92 Å². The summed E-state index contributed by atoms with van der Waals surface area (Å²) in [7, 11) is 0. The van der Waals surface area contributed by atoms with Gasteiger partial charge in [-0.15, -0.1) is 0 Å². The summed E-state index contributed by atoms with van der Waals surface area (Å²) in [6, 6.07) is 5.78. The van der Waals surface area contributed by atoms with Gasteiger partial charge in [-0.05, 0) is 40.2 Å². The monoisotopic (exact) mass is 362 g/mol. The summed E-state index contributed by atoms with van der Waals surface area (Å²) in [5, 5.41) is 13.5. The average Bonchev–Trinajstić information content (AvgIpc) is 2.37. The van der Waals surface area contributed by atoms with E-state index in [-0.39, 0.29) is 15.2 Å². The summed E-state index contributed by atoms with van der Waals surface area (Å²) >= 11 is 8.57. The fourth-order valence-corrected chi connectivity index (χ4v) is 2.04. The van der Waals surface area contributed by atoms with E-state index in [1.165, 1.54) is 18.2 Å². The first-order valence-electron chi connectivity index (χ1n) is 5.24. The van der Waals surface area contributed by atoms with Crippen molar-refractivity contribution in [1.29, 1.82) is 0 Å². The maximum atomic E-state index is 13.3. The molecule has 1 N–H and O–H groups in total. The SMILES string of the molecule is O=[N+]([O-])c1cc(F)c(Br)cc1Nc1ccc(F)c(Cl)c1. The quantitative estimate of drug-likeness (QED) is 0.614. The van der Waals surface area contributed by atoms with Crippen molar-refractivity contribution in [1.82, 2.24) is 0 Å². The summed E-state index contributed by atoms with van der Waals surface area (Å²) in [5.41, 5.74) is -0.0323. The zero-order chi connectivity index (χ0) is 14.9. The lowest BCUT2D eigenvalue weighted by Gasteiger charge is -2.09. The Hall–Kier alpha value is -1.73. The lowest BCUT2D eigenvalue weighted by atomic mass is 10.2. The molecule has 2 aromatic carbocycles. The van der Waals surface area contributed by atoms with E-state index >= 15 is 0 Å². The minimum absolute atomic E-state index is 0.0611. The second-order valence-corrected chi connectivity index (χ2v) is 5.06. The van der Waals surface area contributed by atoms with Crippen LogP contribution in [0.25, 0.3) is 0 Å². The van der Waals surface area contributed by atoms with E-state index in [1.54, 1.807) is 0 Å². The molecular weight excluding hydrogens is 357 g/mol. The Labute approximate surface area is 125 Å². The van der Waals surface area contributed by atoms with Crippen LogP contribution in [-0.2, 0) is 0 Å². The zero-order valence-corrected chi connectivity index (χ0v) is 12.0. The topological polar surface area (TPSA) is 55.2 Å². The standard InChI is InChI=1S/C12H6BrClF2N2O2/c13-7-4-11(12(18(19)20)5-10(7)16)17-6-1-2-9(15)8(14)3-6/h1-5,17H. The first-order valence-corrected chi connectivity index (χ1v) is 6.41. The Bertz CT molecular complexity index is 697. The van der Waals surface area contributed by atoms with Gasteiger partial charge in [0.1, 0.15) is 17.3 Å². The lowest BCUT2D eigenvalue weighted by Crippen LogP contribution is -1.98. The largest absolute Gasteiger partial charge is 0.350 e. The van der Waals surface area contributed by atoms with Gasteiger partial charge in [0.25, 0.3) is 5.69 Å². The Morgan fingerprint density at radius 2 is 1.90 bits per heavy atom. The maximum absolute atomic E-state index is 13.3. The molecule has 2 aromatic rings. The van der Waals surface area contributed by atoms with Gasteiger partial charge < -0.3 is 5.32 Å². The van der Waals surface area contributed by atoms with Gasteiger partial charge in [0.05, 0.1) is 20.5 Å². The molecule has 8 heteroatoms. The molecule has 0 aromatic heterocycles. The highest BCUT2D eigenvalue weighted by molar-refractivity contribution is 9.10. The predicted molar refractivity (Wildman–Crippen MR) is 75.4 cm³/mol. The zero-order valence-electron chi connectivity index (χ0n) is 9.66. The van der Waals surface area contributed by atoms with Gasteiger partial charge in [-0.3, -0.25) is 10.1 Å². The molecular formula is C12H6BrClF2N2O2. The molecule has 0 unspecified atom stereocenters. The molecule has 4 nitrogen and oxygen atoms in total. The number of nitrogens with one attached hydrogen (secondary N) is 1. The fourth-order valence-electron chi connectivity index (χ4n) is 1.52. The van der Waals surface area contributed by atoms with Gasteiger partial charge in [0, 0.05) is 5.69 Å². The number of hydrogen-bond acceptors (Lipinski definition) is 3. The van der Waals surface area contributed by atoms with E-state index in [4.69, 9.17) is 11.6 Å². The number of benzene rings is 2. The number of nitro groups is 1. The van der Waals surface area contributed by atoms with Crippen LogP contribution in [0, 0.1) is 21.7 Å². The summed E-state index contributed by atoms with van der Waals surface area (Å²) in [6.45, 7) is 0. The molecule has 0 aliphatic carbocycles. The van der Waals surface area contributed by atoms with Crippen LogP contribution in [0.5, 0.6) is 0 Å². The van der Waals surface area contributed by atoms with Crippen LogP contribution in [0.2, 0.25) is 5.02 Å². The minimum Gasteiger partial charge on any atom is -0.350 e. The number of halogens is 4. The molecule has 0 atom stereocenters. The van der Waals surface area contributed by atoms with E-state index in [2.05, 4.69) is 21.2 Å². The molecule has 0 saturated heterocycles. The fraction of sp³-hybridized carbons (Fsp3) is 0. The average molecular weight is 364 g/mol. The smallest absolute Gasteiger partial charge is 0.295 e. The van der Waals surface area contributed by atoms with Crippen molar-refractivity contribution >= 4 is 44.6 Å². The van der Waals surface area contributed by atoms with Crippen molar-refractivity contribution in [2.24, 2.45) is 0 Å². The third-order valence-corrected chi connectivity index (χ3v) is 3.33. The molecule has 0 amide bonds. The Morgan fingerprint density at radius 1 is 1.20 bits per heavy atom. The lowest BCUT2D eigenvalue weighted by molar-refractivity contribution is -0.384. The molecule has 2 rings (SSSR count). The predicted octanol–water partition coefficient (Wildman–Crippen LogP) is 5.03. The molecule has 0 radical (unpaired) electrons. The molecule has 20 heavy (non-hydrogen) atoms. The third kappa shape index (κ3) is 3.05. The second kappa shape index (κ2) is 5.72. The van der Waals surface area contributed by atoms with Crippen LogP contribution in [0.3, 0.4) is 0 Å². The van der Waals surface area contributed by atoms with Crippen molar-refractivity contribution in [3.05, 3.63) is 61.6 Å². The van der Waals surface area contributed by atoms with Crippen LogP contribution < -0.4 is 5.32 Å². The van der Waals surface area contributed by atoms with Crippen LogP contribution >= 0.6 is 27.5 Å². The molecule has 0 fully saturated rings. The molecule has 0 aliphatic rings. The van der Waals surface area contributed by atoms with Crippen molar-refractivity contribution in [2.75, 3.05) is 5.32 Å². The van der Waals surface area contributed by atoms with E-state index < -0.39 is 22.2 Å². The molecule has 0 heterocycles. The highest BCUT2D eigenvalue weighted by atomic mass is 79.9. The number of rotatable bonds is 3. The Kier molecular flexibility index (Phi) is 4.20. The van der Waals surface area contributed by atoms with E-state index in [0.717, 1.165) is 12.1 Å². The normalized spacial score (nSPS) is 10.4. The summed E-state index contributed by atoms with van der Waals surface area (Å²) in [4.78, 5) is 10.2. The first kappa shape index (κ1) is 14.7. The summed E-state index contributed by atoms with van der Waals surface area (Å²) < 4.78 is 26.4. The highest BCUT2D eigenvalue weighted by Gasteiger charge is 2.18. The van der Waals surface area contributed by atoms with Crippen molar-refractivity contribution in [3.63, 3.8) is 0 Å². The number of hydrogen-bond donors (Lipinski definition) is 1. The van der Waals surface area contributed by atoms with Crippen LogP contribution in [0.15, 0.2) is 34.8 Å². The van der Waals surface area contributed by atoms with Gasteiger partial charge in [-0.1, -0.05) is 11.6 Å². The first-order chi connectivity index (χ1) is 9.38. The molecule has 104 valence electrons. The van der Waals surface area contributed by atoms with E-state index in [0.29, 0.717) is 5.69 Å². The Balaban J connectivity index is 2.44. The van der Waals surface area contributed by atoms with E-state index in [9.17, 15) is 18.9 Å². The van der Waals surface area contributed by atoms with Crippen molar-refractivity contribution in [3.8, 4) is 0 Å². The van der Waals surface area contributed by atoms with Gasteiger partial charge in [0.2, 0.25) is 0 Å².